The fraction of sp³-hybridized carbons (Fsp3) is 0.375. The van der Waals surface area contributed by atoms with Crippen molar-refractivity contribution in [3.63, 3.8) is 0 Å². The van der Waals surface area contributed by atoms with Crippen LogP contribution in [0.4, 0.5) is 0 Å². The van der Waals surface area contributed by atoms with E-state index in [0.29, 0.717) is 12.1 Å². The Labute approximate surface area is 123 Å². The second-order valence-corrected chi connectivity index (χ2v) is 5.44. The molecule has 5 heteroatoms. The van der Waals surface area contributed by atoms with Gasteiger partial charge < -0.3 is 14.6 Å². The zero-order valence-electron chi connectivity index (χ0n) is 11.9. The summed E-state index contributed by atoms with van der Waals surface area (Å²) < 4.78 is 1.90. The van der Waals surface area contributed by atoms with Gasteiger partial charge in [-0.05, 0) is 43.0 Å². The van der Waals surface area contributed by atoms with Gasteiger partial charge in [-0.3, -0.25) is 4.79 Å². The van der Waals surface area contributed by atoms with Gasteiger partial charge in [0.1, 0.15) is 5.82 Å². The van der Waals surface area contributed by atoms with E-state index in [1.165, 1.54) is 0 Å². The molecule has 1 unspecified atom stereocenters. The first kappa shape index (κ1) is 13.8. The number of aromatic nitrogens is 2. The van der Waals surface area contributed by atoms with Crippen molar-refractivity contribution in [2.45, 2.75) is 12.8 Å². The van der Waals surface area contributed by atoms with Crippen LogP contribution in [0.2, 0.25) is 0 Å². The number of aliphatic hydroxyl groups is 1. The first-order valence-corrected chi connectivity index (χ1v) is 7.27. The Morgan fingerprint density at radius 1 is 1.33 bits per heavy atom. The molecular formula is C16H19N3O2. The maximum Gasteiger partial charge on any atom is 0.255 e. The number of amides is 1. The maximum atomic E-state index is 12.5. The monoisotopic (exact) mass is 285 g/mol. The van der Waals surface area contributed by atoms with E-state index in [4.69, 9.17) is 0 Å². The number of piperidine rings is 1. The van der Waals surface area contributed by atoms with Gasteiger partial charge in [0.2, 0.25) is 0 Å². The van der Waals surface area contributed by atoms with Gasteiger partial charge in [0, 0.05) is 38.3 Å². The summed E-state index contributed by atoms with van der Waals surface area (Å²) in [4.78, 5) is 18.6. The Hall–Kier alpha value is -2.14. The topological polar surface area (TPSA) is 58.4 Å². The molecule has 110 valence electrons. The largest absolute Gasteiger partial charge is 0.396 e. The minimum absolute atomic E-state index is 0.000272. The fourth-order valence-electron chi connectivity index (χ4n) is 2.73. The number of hydrogen-bond acceptors (Lipinski definition) is 3. The van der Waals surface area contributed by atoms with Crippen molar-refractivity contribution >= 4 is 5.91 Å². The van der Waals surface area contributed by atoms with Crippen LogP contribution >= 0.6 is 0 Å². The predicted octanol–water partition coefficient (Wildman–Crippen LogP) is 1.72. The second kappa shape index (κ2) is 6.10. The Bertz CT molecular complexity index is 592. The molecule has 0 aliphatic carbocycles. The number of carbonyl (C=O) groups is 1. The van der Waals surface area contributed by atoms with Crippen LogP contribution in [0, 0.1) is 5.92 Å². The van der Waals surface area contributed by atoms with E-state index < -0.39 is 0 Å². The minimum Gasteiger partial charge on any atom is -0.396 e. The molecule has 1 aliphatic heterocycles. The molecule has 2 aromatic rings. The van der Waals surface area contributed by atoms with Gasteiger partial charge in [0.15, 0.2) is 0 Å². The van der Waals surface area contributed by atoms with Crippen LogP contribution in [0.5, 0.6) is 0 Å². The molecule has 1 atom stereocenters. The number of carbonyl (C=O) groups excluding carboxylic acids is 1. The van der Waals surface area contributed by atoms with Gasteiger partial charge in [-0.1, -0.05) is 0 Å². The van der Waals surface area contributed by atoms with Crippen LogP contribution in [0.3, 0.4) is 0 Å². The third-order valence-corrected chi connectivity index (χ3v) is 3.93. The molecular weight excluding hydrogens is 266 g/mol. The first-order valence-electron chi connectivity index (χ1n) is 7.27. The second-order valence-electron chi connectivity index (χ2n) is 5.44. The third-order valence-electron chi connectivity index (χ3n) is 3.93. The Kier molecular flexibility index (Phi) is 4.01. The molecule has 2 aromatic heterocycles. The molecule has 1 fully saturated rings. The van der Waals surface area contributed by atoms with Crippen LogP contribution in [-0.2, 0) is 0 Å². The summed E-state index contributed by atoms with van der Waals surface area (Å²) in [5, 5.41) is 9.25. The van der Waals surface area contributed by atoms with Crippen LogP contribution in [0.15, 0.2) is 42.9 Å². The van der Waals surface area contributed by atoms with Crippen LogP contribution in [0.25, 0.3) is 5.82 Å². The Morgan fingerprint density at radius 3 is 2.81 bits per heavy atom. The Balaban J connectivity index is 1.73. The quantitative estimate of drug-likeness (QED) is 0.934. The van der Waals surface area contributed by atoms with Crippen LogP contribution in [-0.4, -0.2) is 45.2 Å². The normalized spacial score (nSPS) is 18.7. The van der Waals surface area contributed by atoms with E-state index in [0.717, 1.165) is 25.2 Å². The first-order chi connectivity index (χ1) is 10.3. The molecule has 5 nitrogen and oxygen atoms in total. The summed E-state index contributed by atoms with van der Waals surface area (Å²) in [7, 11) is 0. The number of nitrogens with zero attached hydrogens (tertiary/aromatic N) is 3. The molecule has 1 saturated heterocycles. The molecule has 0 saturated carbocycles. The highest BCUT2D eigenvalue weighted by Crippen LogP contribution is 2.18. The van der Waals surface area contributed by atoms with Gasteiger partial charge in [0.25, 0.3) is 5.91 Å². The van der Waals surface area contributed by atoms with Gasteiger partial charge in [0.05, 0.1) is 5.56 Å². The summed E-state index contributed by atoms with van der Waals surface area (Å²) in [6, 6.07) is 7.53. The number of hydrogen-bond donors (Lipinski definition) is 1. The summed E-state index contributed by atoms with van der Waals surface area (Å²) in [5.74, 6) is 0.998. The average Bonchev–Trinajstić information content (AvgIpc) is 3.09. The van der Waals surface area contributed by atoms with Crippen molar-refractivity contribution in [2.24, 2.45) is 5.92 Å². The van der Waals surface area contributed by atoms with Crippen molar-refractivity contribution in [3.05, 3.63) is 48.4 Å². The van der Waals surface area contributed by atoms with Gasteiger partial charge >= 0.3 is 0 Å². The molecule has 0 aromatic carbocycles. The highest BCUT2D eigenvalue weighted by atomic mass is 16.3. The standard InChI is InChI=1S/C16H19N3O2/c20-12-13-4-3-9-19(11-13)16(21)14-5-6-15(17-10-14)18-7-1-2-8-18/h1-2,5-8,10,13,20H,3-4,9,11-12H2. The lowest BCUT2D eigenvalue weighted by atomic mass is 9.98. The van der Waals surface area contributed by atoms with Crippen molar-refractivity contribution in [3.8, 4) is 5.82 Å². The summed E-state index contributed by atoms with van der Waals surface area (Å²) in [6.45, 7) is 1.54. The molecule has 3 heterocycles. The van der Waals surface area contributed by atoms with Crippen molar-refractivity contribution < 1.29 is 9.90 Å². The molecule has 3 rings (SSSR count). The highest BCUT2D eigenvalue weighted by Gasteiger charge is 2.24. The lowest BCUT2D eigenvalue weighted by molar-refractivity contribution is 0.0620. The molecule has 21 heavy (non-hydrogen) atoms. The smallest absolute Gasteiger partial charge is 0.255 e. The van der Waals surface area contributed by atoms with E-state index in [9.17, 15) is 9.90 Å². The number of rotatable bonds is 3. The Morgan fingerprint density at radius 2 is 2.14 bits per heavy atom. The molecule has 0 bridgehead atoms. The summed E-state index contributed by atoms with van der Waals surface area (Å²) in [6.07, 6.45) is 7.40. The number of aliphatic hydroxyl groups excluding tert-OH is 1. The van der Waals surface area contributed by atoms with Crippen LogP contribution in [0.1, 0.15) is 23.2 Å². The van der Waals surface area contributed by atoms with E-state index >= 15 is 0 Å². The molecule has 1 amide bonds. The molecule has 1 N–H and O–H groups in total. The summed E-state index contributed by atoms with van der Waals surface area (Å²) >= 11 is 0. The zero-order chi connectivity index (χ0) is 14.7. The number of likely N-dealkylation sites (tertiary alicyclic amines) is 1. The highest BCUT2D eigenvalue weighted by molar-refractivity contribution is 5.94. The SMILES string of the molecule is O=C(c1ccc(-n2cccc2)nc1)N1CCCC(CO)C1. The predicted molar refractivity (Wildman–Crippen MR) is 79.3 cm³/mol. The van der Waals surface area contributed by atoms with Gasteiger partial charge in [-0.25, -0.2) is 4.98 Å². The van der Waals surface area contributed by atoms with Gasteiger partial charge in [-0.2, -0.15) is 0 Å². The average molecular weight is 285 g/mol. The fourth-order valence-corrected chi connectivity index (χ4v) is 2.73. The van der Waals surface area contributed by atoms with Crippen molar-refractivity contribution in [1.82, 2.24) is 14.5 Å². The van der Waals surface area contributed by atoms with E-state index in [1.54, 1.807) is 6.20 Å². The molecule has 0 spiro atoms. The lowest BCUT2D eigenvalue weighted by Gasteiger charge is -2.31. The van der Waals surface area contributed by atoms with E-state index in [-0.39, 0.29) is 18.4 Å². The minimum atomic E-state index is -0.000272. The van der Waals surface area contributed by atoms with Crippen molar-refractivity contribution in [1.29, 1.82) is 0 Å². The van der Waals surface area contributed by atoms with E-state index in [2.05, 4.69) is 4.98 Å². The maximum absolute atomic E-state index is 12.5. The number of pyridine rings is 1. The zero-order valence-corrected chi connectivity index (χ0v) is 11.9. The summed E-state index contributed by atoms with van der Waals surface area (Å²) in [5.41, 5.74) is 0.601. The molecule has 0 radical (unpaired) electrons. The van der Waals surface area contributed by atoms with Crippen LogP contribution < -0.4 is 0 Å². The van der Waals surface area contributed by atoms with Crippen molar-refractivity contribution in [2.75, 3.05) is 19.7 Å². The van der Waals surface area contributed by atoms with E-state index in [1.807, 2.05) is 46.1 Å². The van der Waals surface area contributed by atoms with Gasteiger partial charge in [-0.15, -0.1) is 0 Å². The third kappa shape index (κ3) is 2.97. The molecule has 1 aliphatic rings. The lowest BCUT2D eigenvalue weighted by Crippen LogP contribution is -2.41.